The molecule has 0 aromatic carbocycles. The topological polar surface area (TPSA) is 85.4 Å². The molecular formula is C9H11ClN2O4S. The number of halogens is 1. The number of hydrogen-bond acceptors (Lipinski definition) is 5. The number of carbonyl (C=O) groups excluding carboxylic acids is 1. The minimum atomic E-state index is -3.85. The van der Waals surface area contributed by atoms with E-state index in [2.05, 4.69) is 14.4 Å². The lowest BCUT2D eigenvalue weighted by Gasteiger charge is -2.12. The van der Waals surface area contributed by atoms with Crippen LogP contribution in [-0.4, -0.2) is 31.7 Å². The van der Waals surface area contributed by atoms with Crippen LogP contribution < -0.4 is 4.72 Å². The van der Waals surface area contributed by atoms with Crippen molar-refractivity contribution in [3.05, 3.63) is 23.5 Å². The molecule has 0 amide bonds. The van der Waals surface area contributed by atoms with E-state index in [0.29, 0.717) is 0 Å². The number of pyridine rings is 1. The summed E-state index contributed by atoms with van der Waals surface area (Å²) in [6.07, 6.45) is 1.25. The number of ether oxygens (including phenoxy) is 1. The van der Waals surface area contributed by atoms with Gasteiger partial charge >= 0.3 is 5.97 Å². The SMILES string of the molecule is COC(=O)C(C)S(=O)(=O)Nc1ccc(Cl)nc1. The smallest absolute Gasteiger partial charge is 0.325 e. The molecule has 94 valence electrons. The summed E-state index contributed by atoms with van der Waals surface area (Å²) in [7, 11) is -2.72. The molecule has 0 radical (unpaired) electrons. The monoisotopic (exact) mass is 278 g/mol. The first-order chi connectivity index (χ1) is 7.86. The van der Waals surface area contributed by atoms with Crippen molar-refractivity contribution in [2.24, 2.45) is 0 Å². The van der Waals surface area contributed by atoms with Crippen molar-refractivity contribution in [3.8, 4) is 0 Å². The average Bonchev–Trinajstić information content (AvgIpc) is 2.30. The highest BCUT2D eigenvalue weighted by atomic mass is 35.5. The Bertz CT molecular complexity index is 500. The highest BCUT2D eigenvalue weighted by Crippen LogP contribution is 2.13. The highest BCUT2D eigenvalue weighted by Gasteiger charge is 2.28. The van der Waals surface area contributed by atoms with E-state index < -0.39 is 21.2 Å². The maximum absolute atomic E-state index is 11.7. The Hall–Kier alpha value is -1.34. The normalized spacial score (nSPS) is 12.9. The van der Waals surface area contributed by atoms with Gasteiger partial charge in [0.05, 0.1) is 19.0 Å². The zero-order chi connectivity index (χ0) is 13.1. The first kappa shape index (κ1) is 13.7. The third-order valence-electron chi connectivity index (χ3n) is 1.99. The molecule has 17 heavy (non-hydrogen) atoms. The summed E-state index contributed by atoms with van der Waals surface area (Å²) in [6, 6.07) is 2.87. The number of nitrogens with zero attached hydrogens (tertiary/aromatic N) is 1. The van der Waals surface area contributed by atoms with Crippen LogP contribution in [0.25, 0.3) is 0 Å². The molecule has 1 N–H and O–H groups in total. The molecule has 0 bridgehead atoms. The Morgan fingerprint density at radius 1 is 1.53 bits per heavy atom. The molecule has 1 unspecified atom stereocenters. The van der Waals surface area contributed by atoms with E-state index in [-0.39, 0.29) is 10.8 Å². The van der Waals surface area contributed by atoms with Gasteiger partial charge in [-0.05, 0) is 19.1 Å². The Kier molecular flexibility index (Phi) is 4.30. The molecule has 1 aromatic rings. The highest BCUT2D eigenvalue weighted by molar-refractivity contribution is 7.94. The van der Waals surface area contributed by atoms with E-state index in [0.717, 1.165) is 7.11 Å². The zero-order valence-electron chi connectivity index (χ0n) is 9.18. The standard InChI is InChI=1S/C9H11ClN2O4S/c1-6(9(13)16-2)17(14,15)12-7-3-4-8(10)11-5-7/h3-6,12H,1-2H3. The fraction of sp³-hybridized carbons (Fsp3) is 0.333. The minimum Gasteiger partial charge on any atom is -0.468 e. The fourth-order valence-electron chi connectivity index (χ4n) is 0.981. The van der Waals surface area contributed by atoms with Crippen LogP contribution in [0, 0.1) is 0 Å². The van der Waals surface area contributed by atoms with E-state index in [1.165, 1.54) is 25.3 Å². The minimum absolute atomic E-state index is 0.227. The predicted octanol–water partition coefficient (Wildman–Crippen LogP) is 1.04. The van der Waals surface area contributed by atoms with E-state index in [9.17, 15) is 13.2 Å². The molecule has 1 atom stereocenters. The number of carbonyl (C=O) groups is 1. The quantitative estimate of drug-likeness (QED) is 0.657. The predicted molar refractivity (Wildman–Crippen MR) is 63.3 cm³/mol. The summed E-state index contributed by atoms with van der Waals surface area (Å²) in [6.45, 7) is 1.23. The van der Waals surface area contributed by atoms with Gasteiger partial charge in [0.15, 0.2) is 5.25 Å². The third kappa shape index (κ3) is 3.57. The number of sulfonamides is 1. The van der Waals surface area contributed by atoms with Crippen molar-refractivity contribution < 1.29 is 17.9 Å². The maximum atomic E-state index is 11.7. The van der Waals surface area contributed by atoms with Crippen molar-refractivity contribution in [3.63, 3.8) is 0 Å². The first-order valence-electron chi connectivity index (χ1n) is 4.58. The van der Waals surface area contributed by atoms with E-state index in [1.807, 2.05) is 0 Å². The van der Waals surface area contributed by atoms with Crippen molar-refractivity contribution in [2.45, 2.75) is 12.2 Å². The van der Waals surface area contributed by atoms with Crippen LogP contribution >= 0.6 is 11.6 Å². The average molecular weight is 279 g/mol. The van der Waals surface area contributed by atoms with Crippen molar-refractivity contribution in [2.75, 3.05) is 11.8 Å². The number of rotatable bonds is 4. The van der Waals surface area contributed by atoms with E-state index in [4.69, 9.17) is 11.6 Å². The molecule has 0 fully saturated rings. The molecule has 0 aliphatic rings. The van der Waals surface area contributed by atoms with Crippen LogP contribution in [0.5, 0.6) is 0 Å². The van der Waals surface area contributed by atoms with Gasteiger partial charge in [-0.1, -0.05) is 11.6 Å². The summed E-state index contributed by atoms with van der Waals surface area (Å²) in [5.74, 6) is -0.834. The molecule has 0 aliphatic heterocycles. The summed E-state index contributed by atoms with van der Waals surface area (Å²) < 4.78 is 30.0. The van der Waals surface area contributed by atoms with Gasteiger partial charge in [0, 0.05) is 0 Å². The van der Waals surface area contributed by atoms with Gasteiger partial charge < -0.3 is 4.74 Å². The van der Waals surface area contributed by atoms with Gasteiger partial charge in [-0.3, -0.25) is 9.52 Å². The van der Waals surface area contributed by atoms with Crippen molar-refractivity contribution >= 4 is 33.3 Å². The molecule has 0 saturated heterocycles. The van der Waals surface area contributed by atoms with Crippen molar-refractivity contribution in [1.82, 2.24) is 4.98 Å². The summed E-state index contributed by atoms with van der Waals surface area (Å²) >= 11 is 5.56. The molecule has 1 aromatic heterocycles. The van der Waals surface area contributed by atoms with Gasteiger partial charge in [-0.15, -0.1) is 0 Å². The molecule has 1 heterocycles. The molecule has 0 aliphatic carbocycles. The second kappa shape index (κ2) is 5.33. The van der Waals surface area contributed by atoms with Crippen LogP contribution in [-0.2, 0) is 19.6 Å². The maximum Gasteiger partial charge on any atom is 0.325 e. The van der Waals surface area contributed by atoms with E-state index in [1.54, 1.807) is 0 Å². The largest absolute Gasteiger partial charge is 0.468 e. The second-order valence-electron chi connectivity index (χ2n) is 3.18. The molecule has 0 spiro atoms. The van der Waals surface area contributed by atoms with Gasteiger partial charge in [0.1, 0.15) is 5.15 Å². The lowest BCUT2D eigenvalue weighted by Crippen LogP contribution is -2.33. The number of aromatic nitrogens is 1. The summed E-state index contributed by atoms with van der Waals surface area (Å²) in [5, 5.41) is -1.06. The Morgan fingerprint density at radius 3 is 2.65 bits per heavy atom. The Balaban J connectivity index is 2.86. The summed E-state index contributed by atoms with van der Waals surface area (Å²) in [4.78, 5) is 14.8. The lowest BCUT2D eigenvalue weighted by atomic mass is 10.4. The van der Waals surface area contributed by atoms with Crippen molar-refractivity contribution in [1.29, 1.82) is 0 Å². The number of methoxy groups -OCH3 is 1. The molecule has 1 rings (SSSR count). The molecular weight excluding hydrogens is 268 g/mol. The van der Waals surface area contributed by atoms with Crippen LogP contribution in [0.2, 0.25) is 5.15 Å². The van der Waals surface area contributed by atoms with Crippen LogP contribution in [0.1, 0.15) is 6.92 Å². The Labute approximate surface area is 104 Å². The number of hydrogen-bond donors (Lipinski definition) is 1. The Morgan fingerprint density at radius 2 is 2.18 bits per heavy atom. The number of nitrogens with one attached hydrogen (secondary N) is 1. The third-order valence-corrected chi connectivity index (χ3v) is 3.85. The summed E-state index contributed by atoms with van der Waals surface area (Å²) in [5.41, 5.74) is 0.227. The first-order valence-corrected chi connectivity index (χ1v) is 6.50. The van der Waals surface area contributed by atoms with Gasteiger partial charge in [0.2, 0.25) is 10.0 Å². The molecule has 8 heteroatoms. The van der Waals surface area contributed by atoms with Crippen LogP contribution in [0.4, 0.5) is 5.69 Å². The van der Waals surface area contributed by atoms with Gasteiger partial charge in [0.25, 0.3) is 0 Å². The molecule has 0 saturated carbocycles. The van der Waals surface area contributed by atoms with E-state index >= 15 is 0 Å². The fourth-order valence-corrected chi connectivity index (χ4v) is 2.07. The second-order valence-corrected chi connectivity index (χ2v) is 5.57. The lowest BCUT2D eigenvalue weighted by molar-refractivity contribution is -0.139. The number of esters is 1. The molecule has 6 nitrogen and oxygen atoms in total. The van der Waals surface area contributed by atoms with Crippen LogP contribution in [0.15, 0.2) is 18.3 Å². The van der Waals surface area contributed by atoms with Gasteiger partial charge in [-0.25, -0.2) is 13.4 Å². The van der Waals surface area contributed by atoms with Gasteiger partial charge in [-0.2, -0.15) is 0 Å². The zero-order valence-corrected chi connectivity index (χ0v) is 10.7. The number of anilines is 1. The van der Waals surface area contributed by atoms with Crippen LogP contribution in [0.3, 0.4) is 0 Å².